The first-order valence-corrected chi connectivity index (χ1v) is 8.97. The third-order valence-electron chi connectivity index (χ3n) is 5.13. The molecule has 1 unspecified atom stereocenters. The lowest BCUT2D eigenvalue weighted by Gasteiger charge is -2.29. The molecule has 3 N–H and O–H groups in total. The molecule has 24 heavy (non-hydrogen) atoms. The summed E-state index contributed by atoms with van der Waals surface area (Å²) in [6, 6.07) is 18.1. The lowest BCUT2D eigenvalue weighted by Crippen LogP contribution is -2.34. The van der Waals surface area contributed by atoms with Crippen molar-refractivity contribution < 1.29 is 10.2 Å². The fraction of sp³-hybridized carbons (Fsp3) is 0.429. The number of aliphatic hydroxyl groups is 1. The average Bonchev–Trinajstić information content (AvgIpc) is 2.64. The number of aromatic hydroxyl groups is 1. The van der Waals surface area contributed by atoms with Crippen LogP contribution in [-0.2, 0) is 0 Å². The van der Waals surface area contributed by atoms with E-state index in [1.807, 2.05) is 42.5 Å². The molecule has 0 saturated heterocycles. The summed E-state index contributed by atoms with van der Waals surface area (Å²) in [4.78, 5) is 0. The second-order valence-electron chi connectivity index (χ2n) is 6.81. The molecule has 1 saturated carbocycles. The quantitative estimate of drug-likeness (QED) is 0.748. The van der Waals surface area contributed by atoms with E-state index < -0.39 is 0 Å². The average molecular weight is 325 g/mol. The zero-order valence-corrected chi connectivity index (χ0v) is 14.1. The van der Waals surface area contributed by atoms with Crippen LogP contribution in [0, 0.1) is 0 Å². The van der Waals surface area contributed by atoms with Crippen molar-refractivity contribution in [2.45, 2.75) is 50.2 Å². The number of phenolic OH excluding ortho intramolecular Hbond substituents is 1. The summed E-state index contributed by atoms with van der Waals surface area (Å²) < 4.78 is 0. The van der Waals surface area contributed by atoms with Crippen molar-refractivity contribution >= 4 is 0 Å². The normalized spacial score (nSPS) is 22.2. The van der Waals surface area contributed by atoms with Crippen molar-refractivity contribution in [2.75, 3.05) is 6.54 Å². The van der Waals surface area contributed by atoms with Crippen LogP contribution in [0.2, 0.25) is 0 Å². The zero-order chi connectivity index (χ0) is 16.8. The monoisotopic (exact) mass is 325 g/mol. The molecule has 2 aromatic rings. The molecule has 0 aliphatic heterocycles. The van der Waals surface area contributed by atoms with Gasteiger partial charge in [-0.3, -0.25) is 0 Å². The molecule has 1 fully saturated rings. The zero-order valence-electron chi connectivity index (χ0n) is 14.1. The molecule has 0 radical (unpaired) electrons. The van der Waals surface area contributed by atoms with E-state index in [4.69, 9.17) is 0 Å². The number of hydrogen-bond acceptors (Lipinski definition) is 3. The molecule has 1 aliphatic carbocycles. The Balaban J connectivity index is 1.39. The van der Waals surface area contributed by atoms with Crippen molar-refractivity contribution in [3.63, 3.8) is 0 Å². The van der Waals surface area contributed by atoms with Gasteiger partial charge in [-0.25, -0.2) is 0 Å². The Labute approximate surface area is 144 Å². The van der Waals surface area contributed by atoms with Gasteiger partial charge in [0.1, 0.15) is 5.75 Å². The van der Waals surface area contributed by atoms with Gasteiger partial charge in [-0.15, -0.1) is 0 Å². The van der Waals surface area contributed by atoms with Crippen molar-refractivity contribution in [3.05, 3.63) is 65.7 Å². The van der Waals surface area contributed by atoms with Crippen molar-refractivity contribution in [2.24, 2.45) is 0 Å². The van der Waals surface area contributed by atoms with Crippen LogP contribution < -0.4 is 5.32 Å². The van der Waals surface area contributed by atoms with Crippen LogP contribution in [0.5, 0.6) is 5.75 Å². The lowest BCUT2D eigenvalue weighted by atomic mass is 9.81. The molecule has 128 valence electrons. The summed E-state index contributed by atoms with van der Waals surface area (Å²) in [7, 11) is 0. The van der Waals surface area contributed by atoms with E-state index in [0.29, 0.717) is 17.7 Å². The number of nitrogens with one attached hydrogen (secondary N) is 1. The molecule has 3 heteroatoms. The topological polar surface area (TPSA) is 52.5 Å². The highest BCUT2D eigenvalue weighted by Gasteiger charge is 2.22. The largest absolute Gasteiger partial charge is 0.508 e. The van der Waals surface area contributed by atoms with Gasteiger partial charge in [0.15, 0.2) is 0 Å². The van der Waals surface area contributed by atoms with Crippen molar-refractivity contribution in [1.29, 1.82) is 0 Å². The van der Waals surface area contributed by atoms with E-state index in [-0.39, 0.29) is 6.10 Å². The Morgan fingerprint density at radius 2 is 1.58 bits per heavy atom. The second kappa shape index (κ2) is 8.32. The van der Waals surface area contributed by atoms with Crippen LogP contribution in [0.15, 0.2) is 54.6 Å². The van der Waals surface area contributed by atoms with Crippen molar-refractivity contribution in [1.82, 2.24) is 5.32 Å². The number of benzene rings is 2. The van der Waals surface area contributed by atoms with Crippen LogP contribution >= 0.6 is 0 Å². The predicted molar refractivity (Wildman–Crippen MR) is 97.1 cm³/mol. The highest BCUT2D eigenvalue weighted by Crippen LogP contribution is 2.33. The van der Waals surface area contributed by atoms with Crippen LogP contribution in [0.1, 0.15) is 55.3 Å². The summed E-state index contributed by atoms with van der Waals surface area (Å²) in [6.07, 6.45) is 5.09. The van der Waals surface area contributed by atoms with Gasteiger partial charge in [-0.1, -0.05) is 42.5 Å². The summed E-state index contributed by atoms with van der Waals surface area (Å²) in [6.45, 7) is 0.852. The summed E-state index contributed by atoms with van der Waals surface area (Å²) in [5.41, 5.74) is 2.33. The van der Waals surface area contributed by atoms with E-state index in [2.05, 4.69) is 5.32 Å². The van der Waals surface area contributed by atoms with Gasteiger partial charge >= 0.3 is 0 Å². The van der Waals surface area contributed by atoms with Gasteiger partial charge in [-0.05, 0) is 67.8 Å². The molecular weight excluding hydrogens is 298 g/mol. The van der Waals surface area contributed by atoms with Crippen LogP contribution in [-0.4, -0.2) is 22.8 Å². The molecule has 0 bridgehead atoms. The molecule has 0 aromatic heterocycles. The predicted octanol–water partition coefficient (Wildman–Crippen LogP) is 4.13. The molecule has 0 heterocycles. The molecule has 2 aromatic carbocycles. The minimum Gasteiger partial charge on any atom is -0.508 e. The maximum Gasteiger partial charge on any atom is 0.115 e. The van der Waals surface area contributed by atoms with Crippen LogP contribution in [0.4, 0.5) is 0 Å². The Hall–Kier alpha value is -1.84. The van der Waals surface area contributed by atoms with Gasteiger partial charge in [0, 0.05) is 6.04 Å². The minimum atomic E-state index is -0.382. The summed E-state index contributed by atoms with van der Waals surface area (Å²) in [5, 5.41) is 23.2. The summed E-state index contributed by atoms with van der Waals surface area (Å²) in [5.74, 6) is 0.949. The first kappa shape index (κ1) is 17.0. The first-order valence-electron chi connectivity index (χ1n) is 8.97. The summed E-state index contributed by atoms with van der Waals surface area (Å²) >= 11 is 0. The Kier molecular flexibility index (Phi) is 5.89. The van der Waals surface area contributed by atoms with E-state index >= 15 is 0 Å². The maximum absolute atomic E-state index is 10.2. The molecule has 0 spiro atoms. The second-order valence-corrected chi connectivity index (χ2v) is 6.81. The minimum absolute atomic E-state index is 0.339. The molecule has 3 nitrogen and oxygen atoms in total. The molecule has 0 amide bonds. The number of hydrogen-bond donors (Lipinski definition) is 3. The van der Waals surface area contributed by atoms with E-state index in [1.54, 1.807) is 12.1 Å². The standard InChI is InChI=1S/C21H27NO2/c23-20-12-8-17(9-13-20)16-6-10-19(11-7-16)22-15-14-21(24)18-4-2-1-3-5-18/h1-5,8-9,12-13,16,19,21-24H,6-7,10-11,14-15H2. The van der Waals surface area contributed by atoms with Gasteiger partial charge in [0.2, 0.25) is 0 Å². The lowest BCUT2D eigenvalue weighted by molar-refractivity contribution is 0.164. The molecule has 1 atom stereocenters. The molecule has 1 aliphatic rings. The van der Waals surface area contributed by atoms with Crippen LogP contribution in [0.3, 0.4) is 0 Å². The van der Waals surface area contributed by atoms with Gasteiger partial charge in [0.05, 0.1) is 6.10 Å². The van der Waals surface area contributed by atoms with Crippen LogP contribution in [0.25, 0.3) is 0 Å². The number of aliphatic hydroxyl groups excluding tert-OH is 1. The first-order chi connectivity index (χ1) is 11.7. The fourth-order valence-electron chi connectivity index (χ4n) is 3.64. The number of rotatable bonds is 6. The van der Waals surface area contributed by atoms with Gasteiger partial charge < -0.3 is 15.5 Å². The maximum atomic E-state index is 10.2. The third kappa shape index (κ3) is 4.59. The van der Waals surface area contributed by atoms with E-state index in [0.717, 1.165) is 18.5 Å². The highest BCUT2D eigenvalue weighted by atomic mass is 16.3. The van der Waals surface area contributed by atoms with Gasteiger partial charge in [0.25, 0.3) is 0 Å². The van der Waals surface area contributed by atoms with Crippen molar-refractivity contribution in [3.8, 4) is 5.75 Å². The highest BCUT2D eigenvalue weighted by molar-refractivity contribution is 5.28. The molecule has 3 rings (SSSR count). The number of phenols is 1. The van der Waals surface area contributed by atoms with E-state index in [9.17, 15) is 10.2 Å². The Morgan fingerprint density at radius 3 is 2.25 bits per heavy atom. The third-order valence-corrected chi connectivity index (χ3v) is 5.13. The smallest absolute Gasteiger partial charge is 0.115 e. The van der Waals surface area contributed by atoms with E-state index in [1.165, 1.54) is 31.2 Å². The fourth-order valence-corrected chi connectivity index (χ4v) is 3.64. The Morgan fingerprint density at radius 1 is 0.917 bits per heavy atom. The molecular formula is C21H27NO2. The SMILES string of the molecule is Oc1ccc(C2CCC(NCCC(O)c3ccccc3)CC2)cc1. The Bertz CT molecular complexity index is 603. The van der Waals surface area contributed by atoms with Gasteiger partial charge in [-0.2, -0.15) is 0 Å².